The van der Waals surface area contributed by atoms with E-state index in [9.17, 15) is 29.1 Å². The number of amides is 5. The Hall–Kier alpha value is -7.10. The lowest BCUT2D eigenvalue weighted by atomic mass is 9.93. The third-order valence-corrected chi connectivity index (χ3v) is 11.0. The van der Waals surface area contributed by atoms with E-state index >= 15 is 0 Å². The number of phenolic OH excluding ortho intramolecular Hbond substituents is 1. The number of aryl methyl sites for hydroxylation is 2. The van der Waals surface area contributed by atoms with Gasteiger partial charge in [-0.2, -0.15) is 5.26 Å². The summed E-state index contributed by atoms with van der Waals surface area (Å²) in [5, 5.41) is 31.0. The molecular weight excluding hydrogens is 845 g/mol. The van der Waals surface area contributed by atoms with Crippen molar-refractivity contribution >= 4 is 29.5 Å². The Bertz CT molecular complexity index is 2440. The minimum Gasteiger partial charge on any atom is -0.507 e. The van der Waals surface area contributed by atoms with Gasteiger partial charge < -0.3 is 52.2 Å². The van der Waals surface area contributed by atoms with Crippen LogP contribution >= 0.6 is 0 Å². The Morgan fingerprint density at radius 1 is 0.939 bits per heavy atom. The number of hydrogen-bond acceptors (Lipinski definition) is 13. The van der Waals surface area contributed by atoms with Gasteiger partial charge in [0, 0.05) is 36.7 Å². The molecule has 0 saturated heterocycles. The molecule has 18 heteroatoms. The van der Waals surface area contributed by atoms with E-state index in [1.165, 1.54) is 32.2 Å². The number of aromatic hydroxyl groups is 1. The van der Waals surface area contributed by atoms with E-state index in [0.717, 1.165) is 11.3 Å². The molecule has 9 N–H and O–H groups in total. The van der Waals surface area contributed by atoms with E-state index in [1.807, 2.05) is 30.3 Å². The number of benzene rings is 3. The monoisotopic (exact) mass is 904 g/mol. The van der Waals surface area contributed by atoms with Gasteiger partial charge in [0.05, 0.1) is 29.6 Å². The summed E-state index contributed by atoms with van der Waals surface area (Å²) in [4.78, 5) is 80.4. The lowest BCUT2D eigenvalue weighted by Gasteiger charge is -2.32. The highest BCUT2D eigenvalue weighted by atomic mass is 16.5. The lowest BCUT2D eigenvalue weighted by Crippen LogP contribution is -2.56. The Morgan fingerprint density at radius 2 is 1.64 bits per heavy atom. The summed E-state index contributed by atoms with van der Waals surface area (Å²) in [5.41, 5.74) is 14.9. The molecule has 4 aromatic rings. The van der Waals surface area contributed by atoms with Crippen molar-refractivity contribution in [2.24, 2.45) is 16.9 Å². The highest BCUT2D eigenvalue weighted by Crippen LogP contribution is 2.39. The van der Waals surface area contributed by atoms with Gasteiger partial charge >= 0.3 is 0 Å². The molecule has 0 fully saturated rings. The fraction of sp³-hybridized carbons (Fsp3) is 0.417. The van der Waals surface area contributed by atoms with Gasteiger partial charge in [-0.25, -0.2) is 9.97 Å². The fourth-order valence-corrected chi connectivity index (χ4v) is 7.43. The van der Waals surface area contributed by atoms with Crippen LogP contribution in [-0.4, -0.2) is 108 Å². The topological polar surface area (TPSA) is 277 Å². The fourth-order valence-electron chi connectivity index (χ4n) is 7.43. The van der Waals surface area contributed by atoms with Crippen LogP contribution in [0.4, 0.5) is 0 Å². The molecule has 1 aliphatic heterocycles. The van der Waals surface area contributed by atoms with Gasteiger partial charge in [0.15, 0.2) is 5.82 Å². The van der Waals surface area contributed by atoms with Gasteiger partial charge in [0.1, 0.15) is 54.6 Å². The Labute approximate surface area is 384 Å². The van der Waals surface area contributed by atoms with Crippen LogP contribution in [0.2, 0.25) is 0 Å². The molecule has 1 aliphatic rings. The number of carbonyl (C=O) groups excluding carboxylic acids is 5. The average Bonchev–Trinajstić information content (AvgIpc) is 3.26. The number of nitrogens with two attached hydrogens (primary N) is 2. The molecule has 0 aliphatic carbocycles. The van der Waals surface area contributed by atoms with E-state index in [1.54, 1.807) is 32.0 Å². The minimum absolute atomic E-state index is 0.0176. The molecule has 1 aromatic heterocycles. The molecular formula is C48H60N10O8. The number of fused-ring (bicyclic) bond motifs is 5. The smallest absolute Gasteiger partial charge is 0.255 e. The molecule has 350 valence electrons. The highest BCUT2D eigenvalue weighted by molar-refractivity contribution is 6.00. The molecule has 5 amide bonds. The third-order valence-electron chi connectivity index (χ3n) is 11.0. The van der Waals surface area contributed by atoms with Gasteiger partial charge in [-0.05, 0) is 105 Å². The van der Waals surface area contributed by atoms with E-state index in [-0.39, 0.29) is 66.9 Å². The molecule has 4 bridgehead atoms. The average molecular weight is 905 g/mol. The van der Waals surface area contributed by atoms with E-state index < -0.39 is 53.7 Å². The highest BCUT2D eigenvalue weighted by Gasteiger charge is 2.36. The largest absolute Gasteiger partial charge is 0.507 e. The van der Waals surface area contributed by atoms with Crippen LogP contribution in [0.15, 0.2) is 60.7 Å². The number of rotatable bonds is 15. The van der Waals surface area contributed by atoms with Gasteiger partial charge in [-0.1, -0.05) is 32.9 Å². The van der Waals surface area contributed by atoms with Crippen molar-refractivity contribution in [1.82, 2.24) is 36.1 Å². The summed E-state index contributed by atoms with van der Waals surface area (Å²) < 4.78 is 11.9. The summed E-state index contributed by atoms with van der Waals surface area (Å²) in [6, 6.07) is 13.5. The number of nitriles is 1. The van der Waals surface area contributed by atoms with Gasteiger partial charge in [-0.15, -0.1) is 0 Å². The second-order valence-corrected chi connectivity index (χ2v) is 17.3. The third kappa shape index (κ3) is 12.6. The van der Waals surface area contributed by atoms with E-state index in [2.05, 4.69) is 52.0 Å². The minimum atomic E-state index is -1.44. The van der Waals surface area contributed by atoms with Crippen molar-refractivity contribution in [1.29, 1.82) is 5.26 Å². The molecule has 3 aromatic carbocycles. The molecule has 66 heavy (non-hydrogen) atoms. The first kappa shape index (κ1) is 49.9. The number of phenols is 1. The van der Waals surface area contributed by atoms with Crippen molar-refractivity contribution in [2.75, 3.05) is 39.9 Å². The van der Waals surface area contributed by atoms with Crippen LogP contribution in [0.1, 0.15) is 79.5 Å². The molecule has 2 heterocycles. The van der Waals surface area contributed by atoms with Crippen LogP contribution in [-0.2, 0) is 25.6 Å². The van der Waals surface area contributed by atoms with Crippen LogP contribution in [0.5, 0.6) is 17.2 Å². The number of hydrogen-bond donors (Lipinski definition) is 7. The van der Waals surface area contributed by atoms with Crippen molar-refractivity contribution < 1.29 is 38.6 Å². The predicted molar refractivity (Wildman–Crippen MR) is 247 cm³/mol. The molecule has 0 spiro atoms. The van der Waals surface area contributed by atoms with Crippen LogP contribution < -0.4 is 42.2 Å². The number of likely N-dealkylation sites (N-methyl/N-ethyl adjacent to an activating group) is 1. The summed E-state index contributed by atoms with van der Waals surface area (Å²) in [5.74, 6) is -2.24. The molecule has 5 rings (SSSR count). The first-order valence-electron chi connectivity index (χ1n) is 21.8. The van der Waals surface area contributed by atoms with E-state index in [0.29, 0.717) is 52.0 Å². The standard InChI is InChI=1S/C48H60N10O8/c1-27-40(28(2)54-42(53-27)31-9-12-33(13-10-31)65-22-17-48(4,5)6)45(62)56-36(16-18-49)47(64)58(7)41-32-11-14-38(59)34(26-32)35-24-30(8-15-39(35)66-23-20-51)25-37(44(61)52-21-19-50)57-43(60)29(3)55-46(41)63/h8-15,24,26,29,36-37,41,59H,16-18,20-23,25,49,51H2,1-7H3,(H,52,61)(H,55,63)(H,56,62)(H,57,60)/t29-,36?,37-,41-/m0/s1. The first-order chi connectivity index (χ1) is 31.3. The van der Waals surface area contributed by atoms with Crippen molar-refractivity contribution in [3.05, 3.63) is 88.7 Å². The summed E-state index contributed by atoms with van der Waals surface area (Å²) in [7, 11) is 1.38. The number of nitrogens with zero attached hydrogens (tertiary/aromatic N) is 4. The van der Waals surface area contributed by atoms with Crippen molar-refractivity contribution in [3.63, 3.8) is 0 Å². The van der Waals surface area contributed by atoms with Crippen LogP contribution in [0, 0.1) is 30.6 Å². The number of carbonyl (C=O) groups is 5. The SMILES string of the molecule is Cc1nc(-c2ccc(OCCC(C)(C)C)cc2)nc(C)c1C(=O)NC(CCN)C(=O)N(C)[C@@H]1C(=O)N[C@@H](C)C(=O)N[C@H](C(=O)NCC#N)Cc2ccc(OCCN)c(c2)-c2cc1ccc2O. The first-order valence-corrected chi connectivity index (χ1v) is 21.8. The maximum Gasteiger partial charge on any atom is 0.255 e. The number of aromatic nitrogens is 2. The maximum absolute atomic E-state index is 14.6. The van der Waals surface area contributed by atoms with Crippen molar-refractivity contribution in [3.8, 4) is 45.8 Å². The van der Waals surface area contributed by atoms with Crippen molar-refractivity contribution in [2.45, 2.75) is 85.0 Å². The second-order valence-electron chi connectivity index (χ2n) is 17.3. The summed E-state index contributed by atoms with van der Waals surface area (Å²) >= 11 is 0. The quantitative estimate of drug-likeness (QED) is 0.0846. The normalized spacial score (nSPS) is 16.6. The molecule has 4 atom stereocenters. The Kier molecular flexibility index (Phi) is 16.8. The summed E-state index contributed by atoms with van der Waals surface area (Å²) in [6.07, 6.45) is 0.842. The van der Waals surface area contributed by atoms with Gasteiger partial charge in [0.2, 0.25) is 23.6 Å². The van der Waals surface area contributed by atoms with Gasteiger partial charge in [0.25, 0.3) is 5.91 Å². The van der Waals surface area contributed by atoms with E-state index in [4.69, 9.17) is 26.2 Å². The maximum atomic E-state index is 14.6. The molecule has 0 saturated carbocycles. The van der Waals surface area contributed by atoms with Crippen LogP contribution in [0.25, 0.3) is 22.5 Å². The second kappa shape index (κ2) is 22.2. The predicted octanol–water partition coefficient (Wildman–Crippen LogP) is 3.12. The van der Waals surface area contributed by atoms with Crippen LogP contribution in [0.3, 0.4) is 0 Å². The Balaban J connectivity index is 1.48. The zero-order valence-corrected chi connectivity index (χ0v) is 38.5. The number of nitrogens with one attached hydrogen (secondary N) is 4. The van der Waals surface area contributed by atoms with Gasteiger partial charge in [-0.3, -0.25) is 24.0 Å². The zero-order valence-electron chi connectivity index (χ0n) is 38.5. The lowest BCUT2D eigenvalue weighted by molar-refractivity contribution is -0.141. The summed E-state index contributed by atoms with van der Waals surface area (Å²) in [6.45, 7) is 11.8. The molecule has 0 radical (unpaired) electrons. The molecule has 1 unspecified atom stereocenters. The number of ether oxygens (including phenoxy) is 2. The Morgan fingerprint density at radius 3 is 2.27 bits per heavy atom. The molecule has 18 nitrogen and oxygen atoms in total. The zero-order chi connectivity index (χ0) is 48.3.